The second kappa shape index (κ2) is 4.44. The maximum atomic E-state index is 12.2. The molecule has 0 aromatic rings. The highest BCUT2D eigenvalue weighted by molar-refractivity contribution is 6.07. The van der Waals surface area contributed by atoms with Crippen molar-refractivity contribution >= 4 is 17.7 Å². The van der Waals surface area contributed by atoms with E-state index in [1.54, 1.807) is 0 Å². The van der Waals surface area contributed by atoms with Crippen LogP contribution in [0.2, 0.25) is 0 Å². The van der Waals surface area contributed by atoms with Crippen LogP contribution in [0.5, 0.6) is 0 Å². The van der Waals surface area contributed by atoms with E-state index in [9.17, 15) is 14.4 Å². The molecule has 2 aliphatic rings. The van der Waals surface area contributed by atoms with Crippen LogP contribution in [-0.2, 0) is 14.3 Å². The third kappa shape index (κ3) is 2.17. The van der Waals surface area contributed by atoms with Gasteiger partial charge < -0.3 is 10.1 Å². The number of ether oxygens (including phenoxy) is 1. The molecule has 2 saturated heterocycles. The van der Waals surface area contributed by atoms with Gasteiger partial charge in [-0.1, -0.05) is 0 Å². The molecular formula is C11H16N2O4. The molecule has 1 N–H and O–H groups in total. The van der Waals surface area contributed by atoms with Crippen molar-refractivity contribution in [1.82, 2.24) is 10.2 Å². The molecule has 0 bridgehead atoms. The molecular weight excluding hydrogens is 224 g/mol. The highest BCUT2D eigenvalue weighted by Gasteiger charge is 2.51. The number of hydrogen-bond acceptors (Lipinski definition) is 4. The van der Waals surface area contributed by atoms with Crippen molar-refractivity contribution in [3.8, 4) is 0 Å². The number of urea groups is 1. The average molecular weight is 240 g/mol. The van der Waals surface area contributed by atoms with Crippen molar-refractivity contribution < 1.29 is 19.1 Å². The lowest BCUT2D eigenvalue weighted by Gasteiger charge is -2.30. The van der Waals surface area contributed by atoms with Gasteiger partial charge in [0.25, 0.3) is 5.91 Å². The molecule has 2 aliphatic heterocycles. The Hall–Kier alpha value is -1.43. The minimum Gasteiger partial charge on any atom is -0.381 e. The summed E-state index contributed by atoms with van der Waals surface area (Å²) in [5.41, 5.74) is -0.786. The van der Waals surface area contributed by atoms with E-state index in [0.29, 0.717) is 26.1 Å². The van der Waals surface area contributed by atoms with Crippen LogP contribution in [0.3, 0.4) is 0 Å². The highest BCUT2D eigenvalue weighted by atomic mass is 16.5. The zero-order chi connectivity index (χ0) is 12.5. The Morgan fingerprint density at radius 2 is 2.06 bits per heavy atom. The summed E-state index contributed by atoms with van der Waals surface area (Å²) in [5.74, 6) is -0.245. The zero-order valence-electron chi connectivity index (χ0n) is 9.82. The zero-order valence-corrected chi connectivity index (χ0v) is 9.82. The summed E-state index contributed by atoms with van der Waals surface area (Å²) in [4.78, 5) is 35.9. The minimum atomic E-state index is -0.786. The van der Waals surface area contributed by atoms with Gasteiger partial charge in [-0.2, -0.15) is 0 Å². The van der Waals surface area contributed by atoms with E-state index in [4.69, 9.17) is 4.74 Å². The van der Waals surface area contributed by atoms with Crippen LogP contribution in [0.25, 0.3) is 0 Å². The van der Waals surface area contributed by atoms with E-state index in [-0.39, 0.29) is 24.7 Å². The first kappa shape index (κ1) is 12.0. The topological polar surface area (TPSA) is 75.7 Å². The molecule has 0 atom stereocenters. The Labute approximate surface area is 99.3 Å². The number of amides is 3. The lowest BCUT2D eigenvalue weighted by Crippen LogP contribution is -2.51. The normalized spacial score (nSPS) is 23.0. The first-order valence-corrected chi connectivity index (χ1v) is 5.76. The third-order valence-corrected chi connectivity index (χ3v) is 3.28. The Kier molecular flexibility index (Phi) is 3.15. The fourth-order valence-corrected chi connectivity index (χ4v) is 2.21. The molecule has 0 saturated carbocycles. The summed E-state index contributed by atoms with van der Waals surface area (Å²) in [7, 11) is 0. The van der Waals surface area contributed by atoms with E-state index in [1.165, 1.54) is 6.92 Å². The molecule has 3 amide bonds. The van der Waals surface area contributed by atoms with Gasteiger partial charge in [0.05, 0.1) is 0 Å². The molecule has 0 aromatic heterocycles. The van der Waals surface area contributed by atoms with Crippen LogP contribution >= 0.6 is 0 Å². The Morgan fingerprint density at radius 3 is 2.65 bits per heavy atom. The van der Waals surface area contributed by atoms with Gasteiger partial charge in [0.2, 0.25) is 0 Å². The highest BCUT2D eigenvalue weighted by Crippen LogP contribution is 2.28. The number of Topliss-reactive ketones (excluding diaryl/α,β-unsaturated/α-hetero) is 1. The quantitative estimate of drug-likeness (QED) is 0.708. The third-order valence-electron chi connectivity index (χ3n) is 3.28. The average Bonchev–Trinajstić information content (AvgIpc) is 2.50. The molecule has 0 unspecified atom stereocenters. The van der Waals surface area contributed by atoms with Crippen molar-refractivity contribution in [1.29, 1.82) is 0 Å². The number of carbonyl (C=O) groups is 3. The number of rotatable bonds is 3. The summed E-state index contributed by atoms with van der Waals surface area (Å²) in [6.07, 6.45) is 1.23. The molecule has 17 heavy (non-hydrogen) atoms. The van der Waals surface area contributed by atoms with Gasteiger partial charge in [0.15, 0.2) is 0 Å². The first-order chi connectivity index (χ1) is 8.05. The van der Waals surface area contributed by atoms with E-state index in [1.807, 2.05) is 0 Å². The molecule has 0 radical (unpaired) electrons. The van der Waals surface area contributed by atoms with Crippen molar-refractivity contribution in [3.05, 3.63) is 0 Å². The molecule has 2 rings (SSSR count). The van der Waals surface area contributed by atoms with E-state index >= 15 is 0 Å². The van der Waals surface area contributed by atoms with Crippen LogP contribution in [0.4, 0.5) is 4.79 Å². The maximum absolute atomic E-state index is 12.2. The molecule has 6 nitrogen and oxygen atoms in total. The number of ketones is 1. The number of carbonyl (C=O) groups excluding carboxylic acids is 3. The summed E-state index contributed by atoms with van der Waals surface area (Å²) in [5, 5.41) is 2.74. The van der Waals surface area contributed by atoms with Gasteiger partial charge in [-0.05, 0) is 6.92 Å². The fraction of sp³-hybridized carbons (Fsp3) is 0.727. The summed E-state index contributed by atoms with van der Waals surface area (Å²) in [6, 6.07) is -0.391. The molecule has 0 aliphatic carbocycles. The molecule has 2 fully saturated rings. The predicted octanol–water partition coefficient (Wildman–Crippen LogP) is 0.0665. The number of nitrogens with zero attached hydrogens (tertiary/aromatic N) is 1. The predicted molar refractivity (Wildman–Crippen MR) is 58.3 cm³/mol. The van der Waals surface area contributed by atoms with Crippen molar-refractivity contribution in [3.63, 3.8) is 0 Å². The van der Waals surface area contributed by atoms with Crippen LogP contribution < -0.4 is 5.32 Å². The second-order valence-electron chi connectivity index (χ2n) is 4.53. The lowest BCUT2D eigenvalue weighted by atomic mass is 9.90. The molecule has 6 heteroatoms. The Bertz CT molecular complexity index is 360. The molecule has 94 valence electrons. The van der Waals surface area contributed by atoms with E-state index in [2.05, 4.69) is 5.32 Å². The van der Waals surface area contributed by atoms with Crippen molar-refractivity contribution in [2.45, 2.75) is 31.7 Å². The van der Waals surface area contributed by atoms with Crippen molar-refractivity contribution in [2.24, 2.45) is 0 Å². The van der Waals surface area contributed by atoms with Crippen LogP contribution in [-0.4, -0.2) is 47.9 Å². The van der Waals surface area contributed by atoms with Crippen LogP contribution in [0, 0.1) is 0 Å². The SMILES string of the molecule is CC(=O)CCN1C(=O)NC2(CCOCC2)C1=O. The second-order valence-corrected chi connectivity index (χ2v) is 4.53. The Morgan fingerprint density at radius 1 is 1.41 bits per heavy atom. The van der Waals surface area contributed by atoms with Gasteiger partial charge >= 0.3 is 6.03 Å². The van der Waals surface area contributed by atoms with Gasteiger partial charge in [-0.15, -0.1) is 0 Å². The van der Waals surface area contributed by atoms with Gasteiger partial charge in [-0.3, -0.25) is 14.5 Å². The van der Waals surface area contributed by atoms with Gasteiger partial charge in [0, 0.05) is 39.0 Å². The number of nitrogens with one attached hydrogen (secondary N) is 1. The van der Waals surface area contributed by atoms with Crippen molar-refractivity contribution in [2.75, 3.05) is 19.8 Å². The van der Waals surface area contributed by atoms with Crippen LogP contribution in [0.1, 0.15) is 26.2 Å². The first-order valence-electron chi connectivity index (χ1n) is 5.76. The van der Waals surface area contributed by atoms with Gasteiger partial charge in [0.1, 0.15) is 11.3 Å². The fourth-order valence-electron chi connectivity index (χ4n) is 2.21. The Balaban J connectivity index is 2.07. The summed E-state index contributed by atoms with van der Waals surface area (Å²) < 4.78 is 5.20. The number of imide groups is 1. The standard InChI is InChI=1S/C11H16N2O4/c1-8(14)2-5-13-9(15)11(12-10(13)16)3-6-17-7-4-11/h2-7H2,1H3,(H,12,16). The molecule has 2 heterocycles. The summed E-state index contributed by atoms with van der Waals surface area (Å²) in [6.45, 7) is 2.57. The summed E-state index contributed by atoms with van der Waals surface area (Å²) >= 11 is 0. The maximum Gasteiger partial charge on any atom is 0.325 e. The van der Waals surface area contributed by atoms with E-state index < -0.39 is 11.6 Å². The lowest BCUT2D eigenvalue weighted by molar-refractivity contribution is -0.134. The van der Waals surface area contributed by atoms with Crippen LogP contribution in [0.15, 0.2) is 0 Å². The minimum absolute atomic E-state index is 0.0291. The largest absolute Gasteiger partial charge is 0.381 e. The smallest absolute Gasteiger partial charge is 0.325 e. The molecule has 1 spiro atoms. The molecule has 0 aromatic carbocycles. The number of hydrogen-bond donors (Lipinski definition) is 1. The van der Waals surface area contributed by atoms with Gasteiger partial charge in [-0.25, -0.2) is 4.79 Å². The monoisotopic (exact) mass is 240 g/mol. The van der Waals surface area contributed by atoms with E-state index in [0.717, 1.165) is 4.90 Å².